The van der Waals surface area contributed by atoms with Crippen LogP contribution in [0.5, 0.6) is 0 Å². The lowest BCUT2D eigenvalue weighted by Gasteiger charge is -2.34. The largest absolute Gasteiger partial charge is 0.478 e. The van der Waals surface area contributed by atoms with Gasteiger partial charge < -0.3 is 5.11 Å². The maximum Gasteiger partial charge on any atom is 0.336 e. The number of halogens is 1. The molecule has 2 rings (SSSR count). The Morgan fingerprint density at radius 2 is 2.00 bits per heavy atom. The standard InChI is InChI=1S/C17H24FNO2/c1-3-12-4-8-15(9-5-12)19(2)11-13-6-7-14(18)10-16(13)17(20)21/h6-7,10,12,15H,3-5,8-9,11H2,1-2H3,(H,20,21). The zero-order valence-electron chi connectivity index (χ0n) is 12.8. The molecule has 1 aliphatic rings. The second kappa shape index (κ2) is 7.03. The highest BCUT2D eigenvalue weighted by molar-refractivity contribution is 5.89. The molecule has 4 heteroatoms. The Bertz CT molecular complexity index is 496. The molecule has 0 heterocycles. The van der Waals surface area contributed by atoms with E-state index in [-0.39, 0.29) is 5.56 Å². The molecule has 1 aromatic rings. The molecule has 116 valence electrons. The molecule has 0 bridgehead atoms. The maximum absolute atomic E-state index is 13.2. The molecule has 0 atom stereocenters. The highest BCUT2D eigenvalue weighted by Crippen LogP contribution is 2.29. The number of aromatic carboxylic acids is 1. The van der Waals surface area contributed by atoms with Crippen molar-refractivity contribution in [1.82, 2.24) is 4.90 Å². The van der Waals surface area contributed by atoms with Gasteiger partial charge in [-0.15, -0.1) is 0 Å². The number of carbonyl (C=O) groups is 1. The molecule has 0 saturated heterocycles. The summed E-state index contributed by atoms with van der Waals surface area (Å²) in [6.07, 6.45) is 6.08. The monoisotopic (exact) mass is 293 g/mol. The van der Waals surface area contributed by atoms with E-state index in [9.17, 15) is 14.3 Å². The number of rotatable bonds is 5. The Morgan fingerprint density at radius 1 is 1.33 bits per heavy atom. The van der Waals surface area contributed by atoms with E-state index in [4.69, 9.17) is 0 Å². The van der Waals surface area contributed by atoms with Gasteiger partial charge in [-0.05, 0) is 56.3 Å². The van der Waals surface area contributed by atoms with Crippen LogP contribution in [-0.4, -0.2) is 29.1 Å². The van der Waals surface area contributed by atoms with Crippen LogP contribution in [0.25, 0.3) is 0 Å². The summed E-state index contributed by atoms with van der Waals surface area (Å²) in [5.74, 6) is -0.718. The van der Waals surface area contributed by atoms with Crippen molar-refractivity contribution in [2.24, 2.45) is 5.92 Å². The molecule has 3 nitrogen and oxygen atoms in total. The predicted molar refractivity (Wildman–Crippen MR) is 80.9 cm³/mol. The first-order chi connectivity index (χ1) is 10.0. The van der Waals surface area contributed by atoms with Gasteiger partial charge in [-0.3, -0.25) is 4.90 Å². The molecule has 0 amide bonds. The summed E-state index contributed by atoms with van der Waals surface area (Å²) < 4.78 is 13.2. The molecule has 0 spiro atoms. The Labute approximate surface area is 125 Å². The van der Waals surface area contributed by atoms with Crippen molar-refractivity contribution in [2.45, 2.75) is 51.6 Å². The van der Waals surface area contributed by atoms with E-state index in [1.807, 2.05) is 7.05 Å². The van der Waals surface area contributed by atoms with Gasteiger partial charge in [0.25, 0.3) is 0 Å². The second-order valence-electron chi connectivity index (χ2n) is 6.10. The molecule has 1 N–H and O–H groups in total. The van der Waals surface area contributed by atoms with Crippen LogP contribution in [0.2, 0.25) is 0 Å². The number of nitrogens with zero attached hydrogens (tertiary/aromatic N) is 1. The molecular weight excluding hydrogens is 269 g/mol. The summed E-state index contributed by atoms with van der Waals surface area (Å²) >= 11 is 0. The predicted octanol–water partition coefficient (Wildman–Crippen LogP) is 3.92. The van der Waals surface area contributed by atoms with E-state index in [0.717, 1.165) is 12.0 Å². The highest BCUT2D eigenvalue weighted by atomic mass is 19.1. The normalized spacial score (nSPS) is 22.5. The number of benzene rings is 1. The van der Waals surface area contributed by atoms with Crippen LogP contribution in [-0.2, 0) is 6.54 Å². The van der Waals surface area contributed by atoms with Crippen molar-refractivity contribution >= 4 is 5.97 Å². The quantitative estimate of drug-likeness (QED) is 0.894. The highest BCUT2D eigenvalue weighted by Gasteiger charge is 2.24. The van der Waals surface area contributed by atoms with Crippen LogP contribution >= 0.6 is 0 Å². The Kier molecular flexibility index (Phi) is 5.34. The zero-order chi connectivity index (χ0) is 15.4. The van der Waals surface area contributed by atoms with E-state index in [0.29, 0.717) is 18.2 Å². The summed E-state index contributed by atoms with van der Waals surface area (Å²) in [5.41, 5.74) is 0.758. The van der Waals surface area contributed by atoms with Crippen LogP contribution in [0.3, 0.4) is 0 Å². The van der Waals surface area contributed by atoms with E-state index < -0.39 is 11.8 Å². The molecular formula is C17H24FNO2. The lowest BCUT2D eigenvalue weighted by atomic mass is 9.84. The Morgan fingerprint density at radius 3 is 2.57 bits per heavy atom. The molecule has 0 aromatic heterocycles. The van der Waals surface area contributed by atoms with Gasteiger partial charge in [-0.1, -0.05) is 19.4 Å². The molecule has 0 unspecified atom stereocenters. The lowest BCUT2D eigenvalue weighted by Crippen LogP contribution is -2.35. The van der Waals surface area contributed by atoms with Gasteiger partial charge in [0.05, 0.1) is 5.56 Å². The number of hydrogen-bond acceptors (Lipinski definition) is 2. The number of carboxylic acids is 1. The van der Waals surface area contributed by atoms with Crippen molar-refractivity contribution in [2.75, 3.05) is 7.05 Å². The molecule has 0 aliphatic heterocycles. The Balaban J connectivity index is 2.03. The fourth-order valence-corrected chi connectivity index (χ4v) is 3.28. The average molecular weight is 293 g/mol. The second-order valence-corrected chi connectivity index (χ2v) is 6.10. The molecule has 1 aromatic carbocycles. The van der Waals surface area contributed by atoms with Gasteiger partial charge in [0.2, 0.25) is 0 Å². The van der Waals surface area contributed by atoms with Gasteiger partial charge in [-0.2, -0.15) is 0 Å². The lowest BCUT2D eigenvalue weighted by molar-refractivity contribution is 0.0693. The van der Waals surface area contributed by atoms with Crippen molar-refractivity contribution in [3.8, 4) is 0 Å². The summed E-state index contributed by atoms with van der Waals surface area (Å²) in [7, 11) is 2.03. The third-order valence-corrected chi connectivity index (χ3v) is 4.74. The van der Waals surface area contributed by atoms with E-state index in [1.165, 1.54) is 38.2 Å². The van der Waals surface area contributed by atoms with E-state index in [1.54, 1.807) is 6.07 Å². The third kappa shape index (κ3) is 4.03. The van der Waals surface area contributed by atoms with Crippen molar-refractivity contribution in [3.05, 3.63) is 35.1 Å². The van der Waals surface area contributed by atoms with Crippen LogP contribution in [0.4, 0.5) is 4.39 Å². The van der Waals surface area contributed by atoms with Crippen LogP contribution in [0.1, 0.15) is 54.9 Å². The van der Waals surface area contributed by atoms with Crippen LogP contribution in [0, 0.1) is 11.7 Å². The number of hydrogen-bond donors (Lipinski definition) is 1. The van der Waals surface area contributed by atoms with Gasteiger partial charge in [0.1, 0.15) is 5.82 Å². The first-order valence-corrected chi connectivity index (χ1v) is 7.73. The topological polar surface area (TPSA) is 40.5 Å². The molecule has 0 radical (unpaired) electrons. The minimum atomic E-state index is -1.06. The van der Waals surface area contributed by atoms with Crippen LogP contribution in [0.15, 0.2) is 18.2 Å². The van der Waals surface area contributed by atoms with Crippen LogP contribution < -0.4 is 0 Å². The summed E-state index contributed by atoms with van der Waals surface area (Å²) in [6.45, 7) is 2.80. The minimum Gasteiger partial charge on any atom is -0.478 e. The first kappa shape index (κ1) is 16.0. The minimum absolute atomic E-state index is 0.0732. The van der Waals surface area contributed by atoms with Gasteiger partial charge in [0.15, 0.2) is 0 Å². The van der Waals surface area contributed by atoms with E-state index >= 15 is 0 Å². The molecule has 21 heavy (non-hydrogen) atoms. The van der Waals surface area contributed by atoms with Crippen molar-refractivity contribution < 1.29 is 14.3 Å². The van der Waals surface area contributed by atoms with Gasteiger partial charge >= 0.3 is 5.97 Å². The first-order valence-electron chi connectivity index (χ1n) is 7.73. The van der Waals surface area contributed by atoms with Crippen molar-refractivity contribution in [3.63, 3.8) is 0 Å². The third-order valence-electron chi connectivity index (χ3n) is 4.74. The zero-order valence-corrected chi connectivity index (χ0v) is 12.8. The van der Waals surface area contributed by atoms with Crippen molar-refractivity contribution in [1.29, 1.82) is 0 Å². The SMILES string of the molecule is CCC1CCC(N(C)Cc2ccc(F)cc2C(=O)O)CC1. The Hall–Kier alpha value is -1.42. The van der Waals surface area contributed by atoms with Gasteiger partial charge in [-0.25, -0.2) is 9.18 Å². The maximum atomic E-state index is 13.2. The number of carboxylic acid groups (broad SMARTS) is 1. The summed E-state index contributed by atoms with van der Waals surface area (Å²) in [5, 5.41) is 9.19. The van der Waals surface area contributed by atoms with E-state index in [2.05, 4.69) is 11.8 Å². The van der Waals surface area contributed by atoms with Gasteiger partial charge in [0, 0.05) is 12.6 Å². The molecule has 1 fully saturated rings. The average Bonchev–Trinajstić information content (AvgIpc) is 2.49. The summed E-state index contributed by atoms with van der Waals surface area (Å²) in [6, 6.07) is 4.54. The summed E-state index contributed by atoms with van der Waals surface area (Å²) in [4.78, 5) is 13.4. The molecule has 1 aliphatic carbocycles. The molecule has 1 saturated carbocycles. The smallest absolute Gasteiger partial charge is 0.336 e. The fourth-order valence-electron chi connectivity index (χ4n) is 3.28. The fraction of sp³-hybridized carbons (Fsp3) is 0.588.